The van der Waals surface area contributed by atoms with Crippen molar-refractivity contribution in [3.63, 3.8) is 0 Å². The third-order valence-electron chi connectivity index (χ3n) is 2.70. The molecule has 1 aliphatic rings. The normalized spacial score (nSPS) is 22.2. The van der Waals surface area contributed by atoms with Crippen LogP contribution in [0.25, 0.3) is 0 Å². The van der Waals surface area contributed by atoms with Crippen LogP contribution in [0.3, 0.4) is 0 Å². The van der Waals surface area contributed by atoms with Gasteiger partial charge in [-0.25, -0.2) is 4.79 Å². The number of nitro benzene ring substituents is 1. The van der Waals surface area contributed by atoms with Gasteiger partial charge in [0.15, 0.2) is 0 Å². The van der Waals surface area contributed by atoms with Gasteiger partial charge in [-0.05, 0) is 6.92 Å². The molecule has 94 valence electrons. The number of hydrogen-bond acceptors (Lipinski definition) is 5. The van der Waals surface area contributed by atoms with Crippen LogP contribution >= 0.6 is 0 Å². The third kappa shape index (κ3) is 2.02. The Balaban J connectivity index is 2.27. The molecule has 0 radical (unpaired) electrons. The molecular formula is C11H10N2O5. The standard InChI is InChI=1S/C11H10N2O5/c1-11(10(14)15)6-9(12-18-11)7-3-2-4-8(5-7)13(16)17/h2-5H,6H2,1H3,(H,14,15). The second kappa shape index (κ2) is 4.10. The van der Waals surface area contributed by atoms with Gasteiger partial charge in [-0.1, -0.05) is 17.3 Å². The van der Waals surface area contributed by atoms with Crippen molar-refractivity contribution < 1.29 is 19.7 Å². The number of oxime groups is 1. The summed E-state index contributed by atoms with van der Waals surface area (Å²) in [6.45, 7) is 1.41. The predicted octanol–water partition coefficient (Wildman–Crippen LogP) is 1.56. The minimum absolute atomic E-state index is 0.0703. The van der Waals surface area contributed by atoms with E-state index in [2.05, 4.69) is 5.16 Å². The van der Waals surface area contributed by atoms with Crippen molar-refractivity contribution in [3.8, 4) is 0 Å². The molecule has 0 saturated heterocycles. The van der Waals surface area contributed by atoms with Crippen molar-refractivity contribution in [1.82, 2.24) is 0 Å². The molecule has 7 heteroatoms. The van der Waals surface area contributed by atoms with Gasteiger partial charge < -0.3 is 9.94 Å². The Kier molecular flexibility index (Phi) is 2.74. The summed E-state index contributed by atoms with van der Waals surface area (Å²) in [6, 6.07) is 5.85. The second-order valence-corrected chi connectivity index (χ2v) is 4.15. The van der Waals surface area contributed by atoms with E-state index in [-0.39, 0.29) is 12.1 Å². The van der Waals surface area contributed by atoms with Gasteiger partial charge in [-0.2, -0.15) is 0 Å². The van der Waals surface area contributed by atoms with Crippen molar-refractivity contribution in [3.05, 3.63) is 39.9 Å². The lowest BCUT2D eigenvalue weighted by atomic mass is 9.96. The summed E-state index contributed by atoms with van der Waals surface area (Å²) in [4.78, 5) is 26.0. The van der Waals surface area contributed by atoms with E-state index in [9.17, 15) is 14.9 Å². The molecule has 1 aromatic carbocycles. The monoisotopic (exact) mass is 250 g/mol. The average Bonchev–Trinajstić information content (AvgIpc) is 2.73. The molecule has 0 aromatic heterocycles. The Morgan fingerprint density at radius 3 is 2.89 bits per heavy atom. The van der Waals surface area contributed by atoms with Crippen LogP contribution in [0.4, 0.5) is 5.69 Å². The van der Waals surface area contributed by atoms with Gasteiger partial charge >= 0.3 is 5.97 Å². The maximum atomic E-state index is 11.0. The minimum atomic E-state index is -1.40. The molecule has 1 atom stereocenters. The van der Waals surface area contributed by atoms with Gasteiger partial charge in [-0.15, -0.1) is 0 Å². The van der Waals surface area contributed by atoms with Crippen LogP contribution in [0.15, 0.2) is 29.4 Å². The number of rotatable bonds is 3. The van der Waals surface area contributed by atoms with Crippen molar-refractivity contribution >= 4 is 17.4 Å². The topological polar surface area (TPSA) is 102 Å². The van der Waals surface area contributed by atoms with Gasteiger partial charge in [0.2, 0.25) is 5.60 Å². The number of carboxylic acid groups (broad SMARTS) is 1. The minimum Gasteiger partial charge on any atom is -0.478 e. The zero-order valence-electron chi connectivity index (χ0n) is 9.49. The van der Waals surface area contributed by atoms with E-state index >= 15 is 0 Å². The molecule has 1 unspecified atom stereocenters. The first-order valence-electron chi connectivity index (χ1n) is 5.16. The van der Waals surface area contributed by atoms with Crippen LogP contribution in [0.2, 0.25) is 0 Å². The lowest BCUT2D eigenvalue weighted by molar-refractivity contribution is -0.384. The number of nitro groups is 1. The van der Waals surface area contributed by atoms with Crippen LogP contribution in [-0.2, 0) is 9.63 Å². The van der Waals surface area contributed by atoms with E-state index in [1.165, 1.54) is 25.1 Å². The van der Waals surface area contributed by atoms with E-state index in [0.717, 1.165) is 0 Å². The smallest absolute Gasteiger partial charge is 0.351 e. The molecule has 0 amide bonds. The maximum absolute atomic E-state index is 11.0. The van der Waals surface area contributed by atoms with Crippen LogP contribution in [-0.4, -0.2) is 27.3 Å². The van der Waals surface area contributed by atoms with E-state index in [0.29, 0.717) is 11.3 Å². The summed E-state index contributed by atoms with van der Waals surface area (Å²) in [5, 5.41) is 23.3. The number of benzene rings is 1. The number of non-ortho nitro benzene ring substituents is 1. The Morgan fingerprint density at radius 1 is 1.61 bits per heavy atom. The molecule has 18 heavy (non-hydrogen) atoms. The molecule has 0 spiro atoms. The summed E-state index contributed by atoms with van der Waals surface area (Å²) < 4.78 is 0. The molecular weight excluding hydrogens is 240 g/mol. The fourth-order valence-electron chi connectivity index (χ4n) is 1.61. The Labute approximate surface area is 102 Å². The molecule has 1 aliphatic heterocycles. The van der Waals surface area contributed by atoms with Crippen molar-refractivity contribution in [2.75, 3.05) is 0 Å². The van der Waals surface area contributed by atoms with Gasteiger partial charge in [0.25, 0.3) is 5.69 Å². The highest BCUT2D eigenvalue weighted by Crippen LogP contribution is 2.27. The molecule has 0 bridgehead atoms. The summed E-state index contributed by atoms with van der Waals surface area (Å²) in [5.41, 5.74) is -0.586. The lowest BCUT2D eigenvalue weighted by Crippen LogP contribution is -2.35. The van der Waals surface area contributed by atoms with E-state index in [1.807, 2.05) is 0 Å². The fraction of sp³-hybridized carbons (Fsp3) is 0.273. The molecule has 7 nitrogen and oxygen atoms in total. The fourth-order valence-corrected chi connectivity index (χ4v) is 1.61. The number of hydrogen-bond donors (Lipinski definition) is 1. The van der Waals surface area contributed by atoms with Gasteiger partial charge in [0, 0.05) is 24.1 Å². The number of carboxylic acids is 1. The Bertz CT molecular complexity index is 554. The van der Waals surface area contributed by atoms with E-state index < -0.39 is 16.5 Å². The predicted molar refractivity (Wildman–Crippen MR) is 61.4 cm³/mol. The summed E-state index contributed by atoms with van der Waals surface area (Å²) in [6.07, 6.45) is 0.0729. The summed E-state index contributed by atoms with van der Waals surface area (Å²) in [7, 11) is 0. The number of carbonyl (C=O) groups is 1. The highest BCUT2D eigenvalue weighted by molar-refractivity contribution is 6.04. The van der Waals surface area contributed by atoms with Crippen LogP contribution < -0.4 is 0 Å². The third-order valence-corrected chi connectivity index (χ3v) is 2.70. The molecule has 1 heterocycles. The van der Waals surface area contributed by atoms with E-state index in [4.69, 9.17) is 9.94 Å². The van der Waals surface area contributed by atoms with Crippen LogP contribution in [0.1, 0.15) is 18.9 Å². The number of nitrogens with zero attached hydrogens (tertiary/aromatic N) is 2. The maximum Gasteiger partial charge on any atom is 0.351 e. The largest absolute Gasteiger partial charge is 0.478 e. The molecule has 0 aliphatic carbocycles. The van der Waals surface area contributed by atoms with E-state index in [1.54, 1.807) is 6.07 Å². The van der Waals surface area contributed by atoms with Gasteiger partial charge in [0.1, 0.15) is 0 Å². The molecule has 0 saturated carbocycles. The average molecular weight is 250 g/mol. The first-order chi connectivity index (χ1) is 8.42. The first kappa shape index (κ1) is 12.0. The second-order valence-electron chi connectivity index (χ2n) is 4.15. The van der Waals surface area contributed by atoms with Crippen molar-refractivity contribution in [2.45, 2.75) is 18.9 Å². The van der Waals surface area contributed by atoms with Crippen molar-refractivity contribution in [2.24, 2.45) is 5.16 Å². The van der Waals surface area contributed by atoms with Gasteiger partial charge in [0.05, 0.1) is 10.6 Å². The zero-order valence-corrected chi connectivity index (χ0v) is 9.49. The molecule has 2 rings (SSSR count). The highest BCUT2D eigenvalue weighted by Gasteiger charge is 2.42. The Morgan fingerprint density at radius 2 is 2.33 bits per heavy atom. The highest BCUT2D eigenvalue weighted by atomic mass is 16.7. The summed E-state index contributed by atoms with van der Waals surface area (Å²) in [5.74, 6) is -1.12. The number of aliphatic carboxylic acids is 1. The van der Waals surface area contributed by atoms with Gasteiger partial charge in [-0.3, -0.25) is 10.1 Å². The quantitative estimate of drug-likeness (QED) is 0.647. The molecule has 1 aromatic rings. The molecule has 0 fully saturated rings. The zero-order chi connectivity index (χ0) is 13.3. The lowest BCUT2D eigenvalue weighted by Gasteiger charge is -2.14. The Hall–Kier alpha value is -2.44. The first-order valence-corrected chi connectivity index (χ1v) is 5.16. The van der Waals surface area contributed by atoms with Crippen LogP contribution in [0, 0.1) is 10.1 Å². The SMILES string of the molecule is CC1(C(=O)O)CC(c2cccc([N+](=O)[O-])c2)=NO1. The van der Waals surface area contributed by atoms with Crippen molar-refractivity contribution in [1.29, 1.82) is 0 Å². The molecule has 1 N–H and O–H groups in total. The van der Waals surface area contributed by atoms with Crippen LogP contribution in [0.5, 0.6) is 0 Å². The summed E-state index contributed by atoms with van der Waals surface area (Å²) >= 11 is 0.